The van der Waals surface area contributed by atoms with Crippen molar-refractivity contribution >= 4 is 17.6 Å². The van der Waals surface area contributed by atoms with Gasteiger partial charge in [0.05, 0.1) is 18.4 Å². The maximum Gasteiger partial charge on any atom is 0.339 e. The van der Waals surface area contributed by atoms with Crippen LogP contribution in [-0.2, 0) is 9.53 Å². The van der Waals surface area contributed by atoms with Crippen LogP contribution >= 0.6 is 0 Å². The first-order valence-electron chi connectivity index (χ1n) is 6.42. The van der Waals surface area contributed by atoms with Crippen molar-refractivity contribution in [3.05, 3.63) is 29.8 Å². The van der Waals surface area contributed by atoms with Crippen molar-refractivity contribution in [1.82, 2.24) is 5.32 Å². The topological polar surface area (TPSA) is 58.6 Å². The normalized spacial score (nSPS) is 16.7. The van der Waals surface area contributed by atoms with Crippen molar-refractivity contribution in [1.29, 1.82) is 0 Å². The number of amides is 1. The first kappa shape index (κ1) is 13.5. The van der Waals surface area contributed by atoms with E-state index >= 15 is 0 Å². The highest BCUT2D eigenvalue weighted by Crippen LogP contribution is 2.22. The lowest BCUT2D eigenvalue weighted by Crippen LogP contribution is -2.39. The van der Waals surface area contributed by atoms with Gasteiger partial charge in [-0.3, -0.25) is 4.79 Å². The minimum Gasteiger partial charge on any atom is -0.465 e. The number of esters is 1. The van der Waals surface area contributed by atoms with Gasteiger partial charge in [0.25, 0.3) is 0 Å². The molecule has 1 amide bonds. The number of hydrogen-bond donors (Lipinski definition) is 1. The van der Waals surface area contributed by atoms with Crippen LogP contribution in [0, 0.1) is 0 Å². The zero-order chi connectivity index (χ0) is 13.7. The van der Waals surface area contributed by atoms with Crippen LogP contribution in [0.1, 0.15) is 23.2 Å². The molecule has 0 atom stereocenters. The Hall–Kier alpha value is -1.88. The highest BCUT2D eigenvalue weighted by Gasteiger charge is 2.22. The van der Waals surface area contributed by atoms with Gasteiger partial charge in [0.1, 0.15) is 0 Å². The molecular weight excluding hydrogens is 244 g/mol. The monoisotopic (exact) mass is 262 g/mol. The van der Waals surface area contributed by atoms with Crippen molar-refractivity contribution in [2.45, 2.75) is 12.8 Å². The minimum atomic E-state index is -0.413. The summed E-state index contributed by atoms with van der Waals surface area (Å²) in [5, 5.41) is 3.20. The molecule has 0 spiro atoms. The Morgan fingerprint density at radius 2 is 2.11 bits per heavy atom. The summed E-state index contributed by atoms with van der Waals surface area (Å²) in [6.45, 7) is 2.17. The molecule has 0 bridgehead atoms. The predicted octanol–water partition coefficient (Wildman–Crippen LogP) is 1.19. The number of methoxy groups -OCH3 is 1. The quantitative estimate of drug-likeness (QED) is 0.813. The number of anilines is 1. The van der Waals surface area contributed by atoms with E-state index in [2.05, 4.69) is 5.32 Å². The number of nitrogens with zero attached hydrogens (tertiary/aromatic N) is 1. The molecule has 0 aromatic heterocycles. The Labute approximate surface area is 112 Å². The molecule has 102 valence electrons. The van der Waals surface area contributed by atoms with Crippen LogP contribution in [0.25, 0.3) is 0 Å². The van der Waals surface area contributed by atoms with Crippen LogP contribution in [0.2, 0.25) is 0 Å². The summed E-state index contributed by atoms with van der Waals surface area (Å²) in [6, 6.07) is 7.07. The molecule has 5 nitrogen and oxygen atoms in total. The van der Waals surface area contributed by atoms with Crippen LogP contribution < -0.4 is 10.2 Å². The Bertz CT molecular complexity index is 474. The summed E-state index contributed by atoms with van der Waals surface area (Å²) >= 11 is 0. The highest BCUT2D eigenvalue weighted by atomic mass is 16.5. The summed E-state index contributed by atoms with van der Waals surface area (Å²) < 4.78 is 4.77. The van der Waals surface area contributed by atoms with Crippen molar-refractivity contribution in [3.8, 4) is 0 Å². The van der Waals surface area contributed by atoms with E-state index in [0.29, 0.717) is 30.8 Å². The summed E-state index contributed by atoms with van der Waals surface area (Å²) in [7, 11) is 1.35. The number of benzene rings is 1. The average Bonchev–Trinajstić information content (AvgIpc) is 2.43. The first-order chi connectivity index (χ1) is 9.24. The van der Waals surface area contributed by atoms with Gasteiger partial charge in [0.2, 0.25) is 5.91 Å². The number of rotatable bonds is 2. The molecule has 0 radical (unpaired) electrons. The Balaban J connectivity index is 2.32. The van der Waals surface area contributed by atoms with Crippen LogP contribution in [0.4, 0.5) is 5.69 Å². The number of carbonyl (C=O) groups is 2. The van der Waals surface area contributed by atoms with Gasteiger partial charge in [0.15, 0.2) is 0 Å². The molecule has 1 N–H and O–H groups in total. The van der Waals surface area contributed by atoms with Gasteiger partial charge in [-0.2, -0.15) is 0 Å². The van der Waals surface area contributed by atoms with E-state index in [-0.39, 0.29) is 5.91 Å². The van der Waals surface area contributed by atoms with E-state index in [9.17, 15) is 9.59 Å². The fraction of sp³-hybridized carbons (Fsp3) is 0.429. The van der Waals surface area contributed by atoms with Gasteiger partial charge in [-0.25, -0.2) is 4.79 Å². The number of carbonyl (C=O) groups excluding carboxylic acids is 2. The van der Waals surface area contributed by atoms with Gasteiger partial charge in [-0.15, -0.1) is 0 Å². The molecule has 1 saturated heterocycles. The lowest BCUT2D eigenvalue weighted by atomic mass is 10.1. The molecule has 1 aromatic carbocycles. The van der Waals surface area contributed by atoms with E-state index in [1.807, 2.05) is 6.07 Å². The fourth-order valence-corrected chi connectivity index (χ4v) is 2.19. The smallest absolute Gasteiger partial charge is 0.339 e. The molecule has 1 heterocycles. The second-order valence-electron chi connectivity index (χ2n) is 4.41. The lowest BCUT2D eigenvalue weighted by molar-refractivity contribution is -0.118. The molecule has 2 rings (SSSR count). The zero-order valence-corrected chi connectivity index (χ0v) is 11.0. The molecule has 1 aliphatic heterocycles. The molecular formula is C14H18N2O3. The molecule has 1 aromatic rings. The third kappa shape index (κ3) is 3.12. The molecule has 0 saturated carbocycles. The SMILES string of the molecule is COC(=O)c1ccccc1N1CCCNCCC1=O. The van der Waals surface area contributed by atoms with Crippen molar-refractivity contribution in [2.24, 2.45) is 0 Å². The van der Waals surface area contributed by atoms with E-state index < -0.39 is 5.97 Å². The maximum atomic E-state index is 12.2. The van der Waals surface area contributed by atoms with Gasteiger partial charge < -0.3 is 15.0 Å². The third-order valence-corrected chi connectivity index (χ3v) is 3.15. The minimum absolute atomic E-state index is 0.0311. The lowest BCUT2D eigenvalue weighted by Gasteiger charge is -2.26. The standard InChI is InChI=1S/C14H18N2O3/c1-19-14(18)11-5-2-3-6-12(11)16-10-4-8-15-9-7-13(16)17/h2-3,5-6,15H,4,7-10H2,1H3. The van der Waals surface area contributed by atoms with Crippen molar-refractivity contribution in [2.75, 3.05) is 31.6 Å². The van der Waals surface area contributed by atoms with Crippen LogP contribution in [0.3, 0.4) is 0 Å². The summed E-state index contributed by atoms with van der Waals surface area (Å²) in [5.41, 5.74) is 1.08. The molecule has 19 heavy (non-hydrogen) atoms. The first-order valence-corrected chi connectivity index (χ1v) is 6.42. The van der Waals surface area contributed by atoms with Crippen molar-refractivity contribution < 1.29 is 14.3 Å². The van der Waals surface area contributed by atoms with Gasteiger partial charge in [-0.05, 0) is 25.1 Å². The summed E-state index contributed by atoms with van der Waals surface area (Å²) in [6.07, 6.45) is 1.30. The summed E-state index contributed by atoms with van der Waals surface area (Å²) in [5.74, 6) is -0.382. The Morgan fingerprint density at radius 3 is 2.89 bits per heavy atom. The Kier molecular flexibility index (Phi) is 4.52. The van der Waals surface area contributed by atoms with Crippen molar-refractivity contribution in [3.63, 3.8) is 0 Å². The zero-order valence-electron chi connectivity index (χ0n) is 11.0. The van der Waals surface area contributed by atoms with Crippen LogP contribution in [0.5, 0.6) is 0 Å². The summed E-state index contributed by atoms with van der Waals surface area (Å²) in [4.78, 5) is 25.6. The van der Waals surface area contributed by atoms with Crippen LogP contribution in [-0.4, -0.2) is 38.6 Å². The third-order valence-electron chi connectivity index (χ3n) is 3.15. The second-order valence-corrected chi connectivity index (χ2v) is 4.41. The van der Waals surface area contributed by atoms with Gasteiger partial charge in [0, 0.05) is 19.5 Å². The van der Waals surface area contributed by atoms with E-state index in [0.717, 1.165) is 13.0 Å². The number of nitrogens with one attached hydrogen (secondary N) is 1. The maximum absolute atomic E-state index is 12.2. The fourth-order valence-electron chi connectivity index (χ4n) is 2.19. The van der Waals surface area contributed by atoms with Crippen LogP contribution in [0.15, 0.2) is 24.3 Å². The second kappa shape index (κ2) is 6.33. The molecule has 0 unspecified atom stereocenters. The molecule has 0 aliphatic carbocycles. The van der Waals surface area contributed by atoms with Gasteiger partial charge >= 0.3 is 5.97 Å². The highest BCUT2D eigenvalue weighted by molar-refractivity contribution is 6.02. The molecule has 5 heteroatoms. The van der Waals surface area contributed by atoms with E-state index in [4.69, 9.17) is 4.74 Å². The number of ether oxygens (including phenoxy) is 1. The largest absolute Gasteiger partial charge is 0.465 e. The molecule has 1 fully saturated rings. The van der Waals surface area contributed by atoms with Gasteiger partial charge in [-0.1, -0.05) is 12.1 Å². The predicted molar refractivity (Wildman–Crippen MR) is 72.2 cm³/mol. The van der Waals surface area contributed by atoms with E-state index in [1.165, 1.54) is 7.11 Å². The average molecular weight is 262 g/mol. The number of hydrogen-bond acceptors (Lipinski definition) is 4. The Morgan fingerprint density at radius 1 is 1.32 bits per heavy atom. The number of para-hydroxylation sites is 1. The molecule has 1 aliphatic rings. The van der Waals surface area contributed by atoms with E-state index in [1.54, 1.807) is 23.1 Å².